The largest absolute Gasteiger partial charge is 0.478 e. The molecule has 2 rings (SSSR count). The fourth-order valence-corrected chi connectivity index (χ4v) is 1.75. The van der Waals surface area contributed by atoms with Gasteiger partial charge in [0.15, 0.2) is 0 Å². The van der Waals surface area contributed by atoms with Crippen molar-refractivity contribution in [3.63, 3.8) is 0 Å². The van der Waals surface area contributed by atoms with Crippen LogP contribution in [0.3, 0.4) is 0 Å². The van der Waals surface area contributed by atoms with Crippen LogP contribution in [0.2, 0.25) is 0 Å². The Morgan fingerprint density at radius 2 is 1.67 bits per heavy atom. The number of benzene rings is 2. The molecule has 4 nitrogen and oxygen atoms in total. The quantitative estimate of drug-likeness (QED) is 0.828. The van der Waals surface area contributed by atoms with Crippen LogP contribution < -0.4 is 5.32 Å². The smallest absolute Gasteiger partial charge is 0.335 e. The number of hydrogen-bond donors (Lipinski definition) is 2. The number of hydrogen-bond acceptors (Lipinski definition) is 2. The Bertz CT molecular complexity index is 645. The van der Waals surface area contributed by atoms with Gasteiger partial charge in [0, 0.05) is 12.6 Å². The molecule has 0 saturated heterocycles. The number of aromatic carboxylic acids is 1. The highest BCUT2D eigenvalue weighted by atomic mass is 16.4. The zero-order chi connectivity index (χ0) is 15.1. The van der Waals surface area contributed by atoms with Crippen LogP contribution in [-0.4, -0.2) is 17.0 Å². The normalized spacial score (nSPS) is 10.5. The molecule has 1 amide bonds. The lowest BCUT2D eigenvalue weighted by atomic mass is 10.1. The van der Waals surface area contributed by atoms with Crippen molar-refractivity contribution in [2.24, 2.45) is 0 Å². The molecule has 0 aromatic heterocycles. The van der Waals surface area contributed by atoms with E-state index in [9.17, 15) is 9.59 Å². The summed E-state index contributed by atoms with van der Waals surface area (Å²) in [5, 5.41) is 11.5. The van der Waals surface area contributed by atoms with E-state index in [1.165, 1.54) is 18.2 Å². The Morgan fingerprint density at radius 3 is 2.29 bits per heavy atom. The summed E-state index contributed by atoms with van der Waals surface area (Å²) in [4.78, 5) is 22.4. The lowest BCUT2D eigenvalue weighted by Crippen LogP contribution is -2.20. The lowest BCUT2D eigenvalue weighted by Gasteiger charge is -2.03. The average molecular weight is 281 g/mol. The summed E-state index contributed by atoms with van der Waals surface area (Å²) in [6, 6.07) is 16.0. The van der Waals surface area contributed by atoms with Gasteiger partial charge in [-0.1, -0.05) is 42.5 Å². The molecule has 106 valence electrons. The van der Waals surface area contributed by atoms with E-state index in [4.69, 9.17) is 5.11 Å². The molecule has 0 saturated carbocycles. The van der Waals surface area contributed by atoms with E-state index in [2.05, 4.69) is 5.32 Å². The number of carboxylic acids is 1. The fourth-order valence-electron chi connectivity index (χ4n) is 1.75. The molecule has 0 aliphatic carbocycles. The second-order valence-corrected chi connectivity index (χ2v) is 4.46. The third-order valence-electron chi connectivity index (χ3n) is 2.89. The van der Waals surface area contributed by atoms with Crippen molar-refractivity contribution in [1.82, 2.24) is 5.32 Å². The highest BCUT2D eigenvalue weighted by molar-refractivity contribution is 5.91. The summed E-state index contributed by atoms with van der Waals surface area (Å²) in [6.45, 7) is 0.359. The Hall–Kier alpha value is -2.88. The number of carbonyl (C=O) groups is 2. The van der Waals surface area contributed by atoms with Crippen molar-refractivity contribution in [1.29, 1.82) is 0 Å². The topological polar surface area (TPSA) is 66.4 Å². The molecule has 21 heavy (non-hydrogen) atoms. The maximum absolute atomic E-state index is 11.7. The zero-order valence-corrected chi connectivity index (χ0v) is 11.3. The maximum Gasteiger partial charge on any atom is 0.335 e. The summed E-state index contributed by atoms with van der Waals surface area (Å²) >= 11 is 0. The first-order chi connectivity index (χ1) is 10.1. The molecule has 2 aromatic rings. The highest BCUT2D eigenvalue weighted by Gasteiger charge is 2.02. The molecule has 4 heteroatoms. The van der Waals surface area contributed by atoms with E-state index in [1.54, 1.807) is 18.2 Å². The van der Waals surface area contributed by atoms with Gasteiger partial charge in [0.05, 0.1) is 5.56 Å². The second kappa shape index (κ2) is 7.05. The van der Waals surface area contributed by atoms with Crippen molar-refractivity contribution in [2.45, 2.75) is 6.54 Å². The standard InChI is InChI=1S/C17H15NO3/c19-16(11-8-13-4-2-1-3-5-13)18-12-14-6-9-15(10-7-14)17(20)21/h1-11H,12H2,(H,18,19)(H,20,21)/b11-8+. The van der Waals surface area contributed by atoms with Crippen LogP contribution >= 0.6 is 0 Å². The predicted molar refractivity (Wildman–Crippen MR) is 80.7 cm³/mol. The summed E-state index contributed by atoms with van der Waals surface area (Å²) in [7, 11) is 0. The molecule has 0 spiro atoms. The SMILES string of the molecule is O=C(/C=C/c1ccccc1)NCc1ccc(C(=O)O)cc1. The molecule has 2 N–H and O–H groups in total. The minimum absolute atomic E-state index is 0.193. The summed E-state index contributed by atoms with van der Waals surface area (Å²) in [5.41, 5.74) is 2.04. The van der Waals surface area contributed by atoms with Gasteiger partial charge in [-0.3, -0.25) is 4.79 Å². The summed E-state index contributed by atoms with van der Waals surface area (Å²) in [6.07, 6.45) is 3.21. The first kappa shape index (κ1) is 14.5. The zero-order valence-electron chi connectivity index (χ0n) is 11.3. The van der Waals surface area contributed by atoms with Crippen LogP contribution in [0, 0.1) is 0 Å². The molecule has 0 unspecified atom stereocenters. The Morgan fingerprint density at radius 1 is 1.00 bits per heavy atom. The van der Waals surface area contributed by atoms with E-state index in [0.717, 1.165) is 11.1 Å². The summed E-state index contributed by atoms with van der Waals surface area (Å²) < 4.78 is 0. The van der Waals surface area contributed by atoms with Gasteiger partial charge in [-0.25, -0.2) is 4.79 Å². The van der Waals surface area contributed by atoms with Gasteiger partial charge in [0.2, 0.25) is 5.91 Å². The van der Waals surface area contributed by atoms with Crippen LogP contribution in [0.1, 0.15) is 21.5 Å². The van der Waals surface area contributed by atoms with E-state index >= 15 is 0 Å². The fraction of sp³-hybridized carbons (Fsp3) is 0.0588. The maximum atomic E-state index is 11.7. The third kappa shape index (κ3) is 4.62. The molecule has 0 atom stereocenters. The molecule has 0 radical (unpaired) electrons. The van der Waals surface area contributed by atoms with Crippen LogP contribution in [0.5, 0.6) is 0 Å². The van der Waals surface area contributed by atoms with Crippen LogP contribution in [0.25, 0.3) is 6.08 Å². The first-order valence-corrected chi connectivity index (χ1v) is 6.48. The first-order valence-electron chi connectivity index (χ1n) is 6.48. The van der Waals surface area contributed by atoms with Crippen molar-refractivity contribution >= 4 is 18.0 Å². The highest BCUT2D eigenvalue weighted by Crippen LogP contribution is 2.04. The summed E-state index contributed by atoms with van der Waals surface area (Å²) in [5.74, 6) is -1.16. The molecule has 0 heterocycles. The van der Waals surface area contributed by atoms with Gasteiger partial charge in [0.1, 0.15) is 0 Å². The van der Waals surface area contributed by atoms with E-state index in [1.807, 2.05) is 30.3 Å². The number of carbonyl (C=O) groups excluding carboxylic acids is 1. The Kier molecular flexibility index (Phi) is 4.88. The van der Waals surface area contributed by atoms with E-state index in [-0.39, 0.29) is 11.5 Å². The van der Waals surface area contributed by atoms with Gasteiger partial charge in [0.25, 0.3) is 0 Å². The van der Waals surface area contributed by atoms with Gasteiger partial charge in [-0.15, -0.1) is 0 Å². The molecular formula is C17H15NO3. The molecule has 0 aliphatic rings. The monoisotopic (exact) mass is 281 g/mol. The van der Waals surface area contributed by atoms with Crippen LogP contribution in [0.15, 0.2) is 60.7 Å². The van der Waals surface area contributed by atoms with Gasteiger partial charge in [-0.2, -0.15) is 0 Å². The van der Waals surface area contributed by atoms with Crippen molar-refractivity contribution < 1.29 is 14.7 Å². The molecule has 2 aromatic carbocycles. The Labute approximate surface area is 122 Å². The minimum atomic E-state index is -0.962. The van der Waals surface area contributed by atoms with E-state index in [0.29, 0.717) is 6.54 Å². The predicted octanol–water partition coefficient (Wildman–Crippen LogP) is 2.71. The number of amides is 1. The molecule has 0 bridgehead atoms. The molecule has 0 fully saturated rings. The lowest BCUT2D eigenvalue weighted by molar-refractivity contribution is -0.116. The van der Waals surface area contributed by atoms with Crippen molar-refractivity contribution in [2.75, 3.05) is 0 Å². The average Bonchev–Trinajstić information content (AvgIpc) is 2.52. The third-order valence-corrected chi connectivity index (χ3v) is 2.89. The second-order valence-electron chi connectivity index (χ2n) is 4.46. The van der Waals surface area contributed by atoms with Crippen LogP contribution in [0.4, 0.5) is 0 Å². The van der Waals surface area contributed by atoms with Gasteiger partial charge >= 0.3 is 5.97 Å². The number of carboxylic acid groups (broad SMARTS) is 1. The van der Waals surface area contributed by atoms with Crippen molar-refractivity contribution in [3.8, 4) is 0 Å². The van der Waals surface area contributed by atoms with Gasteiger partial charge < -0.3 is 10.4 Å². The number of nitrogens with one attached hydrogen (secondary N) is 1. The molecular weight excluding hydrogens is 266 g/mol. The molecule has 0 aliphatic heterocycles. The van der Waals surface area contributed by atoms with Crippen molar-refractivity contribution in [3.05, 3.63) is 77.4 Å². The number of rotatable bonds is 5. The van der Waals surface area contributed by atoms with Gasteiger partial charge in [-0.05, 0) is 29.3 Å². The minimum Gasteiger partial charge on any atom is -0.478 e. The Balaban J connectivity index is 1.86. The van der Waals surface area contributed by atoms with E-state index < -0.39 is 5.97 Å². The van der Waals surface area contributed by atoms with Crippen LogP contribution in [-0.2, 0) is 11.3 Å².